The molecule has 0 spiro atoms. The molecule has 100 valence electrons. The maximum atomic E-state index is 6.20. The normalized spacial score (nSPS) is 12.4. The quantitative estimate of drug-likeness (QED) is 0.659. The molecule has 0 radical (unpaired) electrons. The predicted octanol–water partition coefficient (Wildman–Crippen LogP) is 4.05. The molecule has 0 saturated carbocycles. The zero-order valence-corrected chi connectivity index (χ0v) is 12.2. The van der Waals surface area contributed by atoms with Gasteiger partial charge in [0.05, 0.1) is 6.04 Å². The number of nitrogens with two attached hydrogens (primary N) is 1. The molecule has 2 nitrogen and oxygen atoms in total. The highest BCUT2D eigenvalue weighted by Crippen LogP contribution is 2.29. The van der Waals surface area contributed by atoms with Crippen LogP contribution in [-0.2, 0) is 6.42 Å². The molecule has 0 amide bonds. The van der Waals surface area contributed by atoms with E-state index < -0.39 is 0 Å². The van der Waals surface area contributed by atoms with Crippen molar-refractivity contribution in [2.45, 2.75) is 19.4 Å². The lowest BCUT2D eigenvalue weighted by molar-refractivity contribution is 0.549. The molecule has 0 fully saturated rings. The first-order valence-corrected chi connectivity index (χ1v) is 6.83. The summed E-state index contributed by atoms with van der Waals surface area (Å²) in [4.78, 5) is 0. The highest BCUT2D eigenvalue weighted by molar-refractivity contribution is 6.36. The van der Waals surface area contributed by atoms with E-state index in [1.165, 1.54) is 5.56 Å². The van der Waals surface area contributed by atoms with Gasteiger partial charge in [0.15, 0.2) is 0 Å². The highest BCUT2D eigenvalue weighted by atomic mass is 35.5. The van der Waals surface area contributed by atoms with Crippen LogP contribution in [0.15, 0.2) is 42.5 Å². The Kier molecular flexibility index (Phi) is 4.83. The molecule has 0 heterocycles. The van der Waals surface area contributed by atoms with Crippen LogP contribution in [0.5, 0.6) is 0 Å². The van der Waals surface area contributed by atoms with Crippen molar-refractivity contribution in [1.29, 1.82) is 0 Å². The van der Waals surface area contributed by atoms with Gasteiger partial charge in [0.2, 0.25) is 0 Å². The molecule has 0 aliphatic carbocycles. The van der Waals surface area contributed by atoms with E-state index in [2.05, 4.69) is 24.5 Å². The fourth-order valence-corrected chi connectivity index (χ4v) is 2.72. The molecular weight excluding hydrogens is 279 g/mol. The van der Waals surface area contributed by atoms with Gasteiger partial charge in [-0.2, -0.15) is 0 Å². The molecule has 2 aromatic carbocycles. The Labute approximate surface area is 123 Å². The van der Waals surface area contributed by atoms with Gasteiger partial charge in [-0.1, -0.05) is 53.5 Å². The van der Waals surface area contributed by atoms with E-state index in [1.807, 2.05) is 30.3 Å². The summed E-state index contributed by atoms with van der Waals surface area (Å²) in [7, 11) is 0. The summed E-state index contributed by atoms with van der Waals surface area (Å²) in [6, 6.07) is 13.6. The Morgan fingerprint density at radius 2 is 1.68 bits per heavy atom. The van der Waals surface area contributed by atoms with Crippen LogP contribution in [0.3, 0.4) is 0 Å². The summed E-state index contributed by atoms with van der Waals surface area (Å²) in [5.74, 6) is 5.69. The van der Waals surface area contributed by atoms with E-state index in [0.29, 0.717) is 16.5 Å². The second-order valence-corrected chi connectivity index (χ2v) is 5.29. The molecule has 0 aliphatic rings. The lowest BCUT2D eigenvalue weighted by Crippen LogP contribution is -2.30. The molecule has 0 bridgehead atoms. The molecule has 19 heavy (non-hydrogen) atoms. The number of halogens is 2. The first-order chi connectivity index (χ1) is 9.13. The van der Waals surface area contributed by atoms with Crippen molar-refractivity contribution in [3.05, 3.63) is 69.2 Å². The summed E-state index contributed by atoms with van der Waals surface area (Å²) in [6.07, 6.45) is 0.653. The topological polar surface area (TPSA) is 38.0 Å². The van der Waals surface area contributed by atoms with E-state index in [-0.39, 0.29) is 6.04 Å². The first kappa shape index (κ1) is 14.4. The zero-order chi connectivity index (χ0) is 13.8. The number of hydrogen-bond acceptors (Lipinski definition) is 2. The van der Waals surface area contributed by atoms with Gasteiger partial charge in [-0.3, -0.25) is 11.3 Å². The molecule has 2 aromatic rings. The van der Waals surface area contributed by atoms with Crippen LogP contribution in [0.2, 0.25) is 10.0 Å². The smallest absolute Gasteiger partial charge is 0.0503 e. The molecule has 1 unspecified atom stereocenters. The second kappa shape index (κ2) is 6.40. The second-order valence-electron chi connectivity index (χ2n) is 4.48. The van der Waals surface area contributed by atoms with Crippen molar-refractivity contribution in [3.63, 3.8) is 0 Å². The molecule has 0 aromatic heterocycles. The van der Waals surface area contributed by atoms with E-state index in [4.69, 9.17) is 29.0 Å². The summed E-state index contributed by atoms with van der Waals surface area (Å²) < 4.78 is 0. The van der Waals surface area contributed by atoms with Crippen molar-refractivity contribution >= 4 is 23.2 Å². The average Bonchev–Trinajstić information content (AvgIpc) is 2.40. The van der Waals surface area contributed by atoms with Crippen molar-refractivity contribution in [1.82, 2.24) is 5.43 Å². The largest absolute Gasteiger partial charge is 0.271 e. The van der Waals surface area contributed by atoms with Crippen molar-refractivity contribution < 1.29 is 0 Å². The Morgan fingerprint density at radius 3 is 2.26 bits per heavy atom. The van der Waals surface area contributed by atoms with Gasteiger partial charge in [0.1, 0.15) is 0 Å². The van der Waals surface area contributed by atoms with Crippen LogP contribution < -0.4 is 11.3 Å². The van der Waals surface area contributed by atoms with Gasteiger partial charge >= 0.3 is 0 Å². The molecule has 2 rings (SSSR count). The van der Waals surface area contributed by atoms with Crippen molar-refractivity contribution in [3.8, 4) is 0 Å². The van der Waals surface area contributed by atoms with E-state index >= 15 is 0 Å². The number of rotatable bonds is 4. The molecule has 4 heteroatoms. The number of hydrogen-bond donors (Lipinski definition) is 2. The fourth-order valence-electron chi connectivity index (χ4n) is 2.17. The van der Waals surface area contributed by atoms with Crippen LogP contribution in [0.1, 0.15) is 22.7 Å². The Hall–Kier alpha value is -1.06. The third kappa shape index (κ3) is 3.28. The minimum Gasteiger partial charge on any atom is -0.271 e. The molecule has 3 N–H and O–H groups in total. The Morgan fingerprint density at radius 1 is 1.05 bits per heavy atom. The predicted molar refractivity (Wildman–Crippen MR) is 81.4 cm³/mol. The van der Waals surface area contributed by atoms with E-state index in [0.717, 1.165) is 11.1 Å². The fraction of sp³-hybridized carbons (Fsp3) is 0.200. The van der Waals surface area contributed by atoms with Crippen LogP contribution in [0.25, 0.3) is 0 Å². The van der Waals surface area contributed by atoms with Crippen molar-refractivity contribution in [2.75, 3.05) is 0 Å². The lowest BCUT2D eigenvalue weighted by atomic mass is 9.96. The Bertz CT molecular complexity index is 550. The lowest BCUT2D eigenvalue weighted by Gasteiger charge is -2.20. The molecular formula is C15H16Cl2N2. The zero-order valence-electron chi connectivity index (χ0n) is 10.7. The van der Waals surface area contributed by atoms with Gasteiger partial charge in [-0.25, -0.2) is 0 Å². The summed E-state index contributed by atoms with van der Waals surface area (Å²) >= 11 is 12.4. The summed E-state index contributed by atoms with van der Waals surface area (Å²) in [6.45, 7) is 2.06. The highest BCUT2D eigenvalue weighted by Gasteiger charge is 2.16. The van der Waals surface area contributed by atoms with Crippen molar-refractivity contribution in [2.24, 2.45) is 5.84 Å². The van der Waals surface area contributed by atoms with Gasteiger partial charge in [0.25, 0.3) is 0 Å². The number of aryl methyl sites for hydroxylation is 1. The van der Waals surface area contributed by atoms with Gasteiger partial charge in [0, 0.05) is 10.0 Å². The van der Waals surface area contributed by atoms with Crippen LogP contribution in [0.4, 0.5) is 0 Å². The van der Waals surface area contributed by atoms with E-state index in [1.54, 1.807) is 0 Å². The third-order valence-electron chi connectivity index (χ3n) is 3.23. The molecule has 0 saturated heterocycles. The average molecular weight is 295 g/mol. The SMILES string of the molecule is Cc1ccccc1C(Cc1c(Cl)cccc1Cl)NN. The monoisotopic (exact) mass is 294 g/mol. The van der Waals surface area contributed by atoms with Gasteiger partial charge < -0.3 is 0 Å². The standard InChI is InChI=1S/C15H16Cl2N2/c1-10-5-2-3-6-11(10)15(19-18)9-12-13(16)7-4-8-14(12)17/h2-8,15,19H,9,18H2,1H3. The van der Waals surface area contributed by atoms with Crippen LogP contribution >= 0.6 is 23.2 Å². The van der Waals surface area contributed by atoms with Gasteiger partial charge in [-0.05, 0) is 42.2 Å². The number of benzene rings is 2. The summed E-state index contributed by atoms with van der Waals surface area (Å²) in [5, 5.41) is 1.34. The Balaban J connectivity index is 2.32. The van der Waals surface area contributed by atoms with Crippen LogP contribution in [0, 0.1) is 6.92 Å². The minimum absolute atomic E-state index is 0.0152. The van der Waals surface area contributed by atoms with Crippen LogP contribution in [-0.4, -0.2) is 0 Å². The maximum absolute atomic E-state index is 6.20. The van der Waals surface area contributed by atoms with E-state index in [9.17, 15) is 0 Å². The first-order valence-electron chi connectivity index (χ1n) is 6.08. The number of hydrazine groups is 1. The van der Waals surface area contributed by atoms with Gasteiger partial charge in [-0.15, -0.1) is 0 Å². The summed E-state index contributed by atoms with van der Waals surface area (Å²) in [5.41, 5.74) is 6.10. The third-order valence-corrected chi connectivity index (χ3v) is 3.94. The molecule has 1 atom stereocenters. The maximum Gasteiger partial charge on any atom is 0.0503 e. The molecule has 0 aliphatic heterocycles. The number of nitrogens with one attached hydrogen (secondary N) is 1. The minimum atomic E-state index is -0.0152.